The molecule has 0 spiro atoms. The number of rotatable bonds is 5. The van der Waals surface area contributed by atoms with Crippen LogP contribution in [0.1, 0.15) is 22.8 Å². The Labute approximate surface area is 150 Å². The molecule has 0 atom stereocenters. The Morgan fingerprint density at radius 2 is 1.96 bits per heavy atom. The van der Waals surface area contributed by atoms with Gasteiger partial charge in [-0.15, -0.1) is 0 Å². The second-order valence-corrected chi connectivity index (χ2v) is 5.83. The number of hydrogen-bond donors (Lipinski definition) is 1. The van der Waals surface area contributed by atoms with Gasteiger partial charge in [0.2, 0.25) is 0 Å². The molecule has 3 aromatic rings. The highest BCUT2D eigenvalue weighted by molar-refractivity contribution is 6.31. The minimum absolute atomic E-state index is 0.122. The Kier molecular flexibility index (Phi) is 5.00. The number of halogens is 1. The van der Waals surface area contributed by atoms with Crippen LogP contribution in [-0.2, 0) is 0 Å². The summed E-state index contributed by atoms with van der Waals surface area (Å²) < 4.78 is 5.47. The van der Waals surface area contributed by atoms with Crippen molar-refractivity contribution in [1.29, 1.82) is 0 Å². The predicted molar refractivity (Wildman–Crippen MR) is 102 cm³/mol. The third kappa shape index (κ3) is 3.98. The number of nitrogens with two attached hydrogens (primary N) is 1. The highest BCUT2D eigenvalue weighted by atomic mass is 35.5. The van der Waals surface area contributed by atoms with Gasteiger partial charge in [0.05, 0.1) is 12.1 Å². The number of anilines is 1. The predicted octanol–water partition coefficient (Wildman–Crippen LogP) is 4.77. The molecule has 0 radical (unpaired) electrons. The van der Waals surface area contributed by atoms with Crippen molar-refractivity contribution in [3.8, 4) is 5.75 Å². The molecule has 5 heteroatoms. The second kappa shape index (κ2) is 7.36. The first-order valence-corrected chi connectivity index (χ1v) is 8.25. The van der Waals surface area contributed by atoms with Gasteiger partial charge in [-0.05, 0) is 61.5 Å². The summed E-state index contributed by atoms with van der Waals surface area (Å²) in [6.07, 6.45) is 3.15. The largest absolute Gasteiger partial charge is 0.494 e. The molecule has 0 amide bonds. The van der Waals surface area contributed by atoms with Gasteiger partial charge in [-0.3, -0.25) is 4.79 Å². The minimum atomic E-state index is -0.122. The van der Waals surface area contributed by atoms with Gasteiger partial charge in [0.1, 0.15) is 10.9 Å². The van der Waals surface area contributed by atoms with Crippen molar-refractivity contribution in [2.45, 2.75) is 6.92 Å². The molecule has 3 rings (SSSR count). The zero-order chi connectivity index (χ0) is 17.8. The van der Waals surface area contributed by atoms with Gasteiger partial charge in [0.15, 0.2) is 5.78 Å². The number of allylic oxidation sites excluding steroid dienone is 1. The summed E-state index contributed by atoms with van der Waals surface area (Å²) in [7, 11) is 0. The fraction of sp³-hybridized carbons (Fsp3) is 0.100. The number of ketones is 1. The third-order valence-corrected chi connectivity index (χ3v) is 3.99. The molecule has 0 unspecified atom stereocenters. The van der Waals surface area contributed by atoms with E-state index in [2.05, 4.69) is 4.98 Å². The molecule has 25 heavy (non-hydrogen) atoms. The summed E-state index contributed by atoms with van der Waals surface area (Å²) in [5, 5.41) is 1.26. The van der Waals surface area contributed by atoms with Crippen molar-refractivity contribution in [2.24, 2.45) is 0 Å². The number of benzene rings is 2. The summed E-state index contributed by atoms with van der Waals surface area (Å²) in [4.78, 5) is 16.6. The number of carbonyl (C=O) groups is 1. The molecule has 126 valence electrons. The fourth-order valence-corrected chi connectivity index (χ4v) is 2.63. The van der Waals surface area contributed by atoms with Gasteiger partial charge < -0.3 is 10.5 Å². The van der Waals surface area contributed by atoms with Crippen LogP contribution in [0.2, 0.25) is 5.15 Å². The van der Waals surface area contributed by atoms with E-state index in [9.17, 15) is 4.79 Å². The first-order valence-electron chi connectivity index (χ1n) is 7.88. The standard InChI is InChI=1S/C20H17ClN2O2/c1-2-25-17-9-5-14-11-15(20(21)23-18(14)12-17)6-10-19(24)13-3-7-16(22)8-4-13/h3-12H,2,22H2,1H3/b10-6+. The molecular weight excluding hydrogens is 336 g/mol. The van der Waals surface area contributed by atoms with Crippen LogP contribution in [0.25, 0.3) is 17.0 Å². The molecule has 0 fully saturated rings. The fourth-order valence-electron chi connectivity index (χ4n) is 2.42. The van der Waals surface area contributed by atoms with Gasteiger partial charge in [-0.1, -0.05) is 11.6 Å². The molecule has 0 aliphatic carbocycles. The van der Waals surface area contributed by atoms with Gasteiger partial charge in [-0.2, -0.15) is 0 Å². The van der Waals surface area contributed by atoms with E-state index >= 15 is 0 Å². The smallest absolute Gasteiger partial charge is 0.185 e. The van der Waals surface area contributed by atoms with Crippen LogP contribution < -0.4 is 10.5 Å². The molecule has 2 N–H and O–H groups in total. The Hall–Kier alpha value is -2.85. The normalized spacial score (nSPS) is 11.1. The minimum Gasteiger partial charge on any atom is -0.494 e. The van der Waals surface area contributed by atoms with Gasteiger partial charge in [-0.25, -0.2) is 4.98 Å². The SMILES string of the molecule is CCOc1ccc2cc(/C=C/C(=O)c3ccc(N)cc3)c(Cl)nc2c1. The number of nitrogen functional groups attached to an aromatic ring is 1. The van der Waals surface area contributed by atoms with Crippen LogP contribution in [0, 0.1) is 0 Å². The molecule has 1 aromatic heterocycles. The lowest BCUT2D eigenvalue weighted by molar-refractivity contribution is 0.104. The molecular formula is C20H17ClN2O2. The first-order chi connectivity index (χ1) is 12.1. The average Bonchev–Trinajstić information content (AvgIpc) is 2.60. The van der Waals surface area contributed by atoms with Crippen LogP contribution >= 0.6 is 11.6 Å². The zero-order valence-electron chi connectivity index (χ0n) is 13.7. The molecule has 0 saturated heterocycles. The number of pyridine rings is 1. The van der Waals surface area contributed by atoms with Crippen molar-refractivity contribution < 1.29 is 9.53 Å². The molecule has 1 heterocycles. The van der Waals surface area contributed by atoms with E-state index in [1.165, 1.54) is 6.08 Å². The highest BCUT2D eigenvalue weighted by Crippen LogP contribution is 2.25. The number of carbonyl (C=O) groups excluding carboxylic acids is 1. The molecule has 0 bridgehead atoms. The van der Waals surface area contributed by atoms with Crippen molar-refractivity contribution in [3.05, 3.63) is 70.9 Å². The van der Waals surface area contributed by atoms with Gasteiger partial charge in [0.25, 0.3) is 0 Å². The van der Waals surface area contributed by atoms with Crippen molar-refractivity contribution in [1.82, 2.24) is 4.98 Å². The number of nitrogens with zero attached hydrogens (tertiary/aromatic N) is 1. The summed E-state index contributed by atoms with van der Waals surface area (Å²) in [5.74, 6) is 0.628. The number of hydrogen-bond acceptors (Lipinski definition) is 4. The lowest BCUT2D eigenvalue weighted by Crippen LogP contribution is -1.95. The molecule has 4 nitrogen and oxygen atoms in total. The van der Waals surface area contributed by atoms with Crippen molar-refractivity contribution in [2.75, 3.05) is 12.3 Å². The van der Waals surface area contributed by atoms with Crippen molar-refractivity contribution in [3.63, 3.8) is 0 Å². The maximum Gasteiger partial charge on any atom is 0.185 e. The van der Waals surface area contributed by atoms with E-state index in [1.807, 2.05) is 31.2 Å². The Morgan fingerprint density at radius 1 is 1.20 bits per heavy atom. The van der Waals surface area contributed by atoms with E-state index in [-0.39, 0.29) is 5.78 Å². The van der Waals surface area contributed by atoms with Crippen LogP contribution in [0.3, 0.4) is 0 Å². The van der Waals surface area contributed by atoms with E-state index < -0.39 is 0 Å². The molecule has 2 aromatic carbocycles. The molecule has 0 saturated carbocycles. The average molecular weight is 353 g/mol. The lowest BCUT2D eigenvalue weighted by Gasteiger charge is -2.06. The lowest BCUT2D eigenvalue weighted by atomic mass is 10.1. The van der Waals surface area contributed by atoms with Crippen LogP contribution in [0.4, 0.5) is 5.69 Å². The zero-order valence-corrected chi connectivity index (χ0v) is 14.5. The van der Waals surface area contributed by atoms with Crippen LogP contribution in [0.15, 0.2) is 54.6 Å². The topological polar surface area (TPSA) is 65.2 Å². The Morgan fingerprint density at radius 3 is 2.68 bits per heavy atom. The van der Waals surface area contributed by atoms with Gasteiger partial charge >= 0.3 is 0 Å². The number of fused-ring (bicyclic) bond motifs is 1. The quantitative estimate of drug-likeness (QED) is 0.311. The maximum absolute atomic E-state index is 12.2. The number of ether oxygens (including phenoxy) is 1. The monoisotopic (exact) mass is 352 g/mol. The van der Waals surface area contributed by atoms with E-state index in [4.69, 9.17) is 22.1 Å². The Balaban J connectivity index is 1.87. The van der Waals surface area contributed by atoms with Gasteiger partial charge in [0, 0.05) is 28.3 Å². The van der Waals surface area contributed by atoms with Crippen LogP contribution in [-0.4, -0.2) is 17.4 Å². The molecule has 0 aliphatic heterocycles. The third-order valence-electron chi connectivity index (χ3n) is 3.69. The summed E-state index contributed by atoms with van der Waals surface area (Å²) >= 11 is 6.25. The van der Waals surface area contributed by atoms with E-state index in [0.717, 1.165) is 16.7 Å². The van der Waals surface area contributed by atoms with Crippen LogP contribution in [0.5, 0.6) is 5.75 Å². The first kappa shape index (κ1) is 17.0. The Bertz CT molecular complexity index is 950. The maximum atomic E-state index is 12.2. The van der Waals surface area contributed by atoms with Crippen molar-refractivity contribution >= 4 is 40.1 Å². The second-order valence-electron chi connectivity index (χ2n) is 5.48. The summed E-state index contributed by atoms with van der Waals surface area (Å²) in [6, 6.07) is 14.3. The van der Waals surface area contributed by atoms with E-state index in [1.54, 1.807) is 30.3 Å². The molecule has 0 aliphatic rings. The van der Waals surface area contributed by atoms with E-state index in [0.29, 0.717) is 28.6 Å². The number of aromatic nitrogens is 1. The summed E-state index contributed by atoms with van der Waals surface area (Å²) in [6.45, 7) is 2.52. The summed E-state index contributed by atoms with van der Waals surface area (Å²) in [5.41, 5.74) is 8.25. The highest BCUT2D eigenvalue weighted by Gasteiger charge is 2.06.